The van der Waals surface area contributed by atoms with E-state index in [1.54, 1.807) is 0 Å². The maximum atomic E-state index is 12.4. The van der Waals surface area contributed by atoms with Crippen LogP contribution < -0.4 is 5.32 Å². The highest BCUT2D eigenvalue weighted by atomic mass is 32.1. The molecule has 0 saturated heterocycles. The van der Waals surface area contributed by atoms with Crippen LogP contribution in [0.5, 0.6) is 0 Å². The quantitative estimate of drug-likeness (QED) is 0.800. The van der Waals surface area contributed by atoms with Gasteiger partial charge in [-0.15, -0.1) is 11.3 Å². The van der Waals surface area contributed by atoms with Crippen molar-refractivity contribution in [2.45, 2.75) is 20.3 Å². The van der Waals surface area contributed by atoms with Gasteiger partial charge in [-0.1, -0.05) is 25.1 Å². The lowest BCUT2D eigenvalue weighted by atomic mass is 10.1. The second kappa shape index (κ2) is 5.33. The molecule has 0 saturated carbocycles. The average molecular weight is 299 g/mol. The lowest BCUT2D eigenvalue weighted by Crippen LogP contribution is -2.11. The molecule has 3 rings (SSSR count). The molecular weight excluding hydrogens is 282 g/mol. The minimum absolute atomic E-state index is 0.0588. The van der Waals surface area contributed by atoms with E-state index in [4.69, 9.17) is 0 Å². The van der Waals surface area contributed by atoms with Crippen LogP contribution in [0, 0.1) is 6.92 Å². The van der Waals surface area contributed by atoms with Gasteiger partial charge >= 0.3 is 0 Å². The number of hydrogen-bond acceptors (Lipinski definition) is 3. The zero-order chi connectivity index (χ0) is 15.0. The van der Waals surface area contributed by atoms with E-state index in [2.05, 4.69) is 17.3 Å². The Morgan fingerprint density at radius 1 is 1.38 bits per heavy atom. The minimum Gasteiger partial charge on any atom is -0.321 e. The summed E-state index contributed by atoms with van der Waals surface area (Å²) < 4.78 is 1.83. The lowest BCUT2D eigenvalue weighted by molar-refractivity contribution is 0.103. The van der Waals surface area contributed by atoms with Gasteiger partial charge in [0.15, 0.2) is 0 Å². The van der Waals surface area contributed by atoms with Crippen LogP contribution in [0.15, 0.2) is 30.3 Å². The van der Waals surface area contributed by atoms with E-state index in [1.165, 1.54) is 11.3 Å². The van der Waals surface area contributed by atoms with E-state index >= 15 is 0 Å². The number of nitrogens with zero attached hydrogens (tertiary/aromatic N) is 2. The van der Waals surface area contributed by atoms with E-state index in [9.17, 15) is 4.79 Å². The molecule has 1 aromatic carbocycles. The predicted octanol–water partition coefficient (Wildman–Crippen LogP) is 3.76. The summed E-state index contributed by atoms with van der Waals surface area (Å²) in [4.78, 5) is 14.2. The summed E-state index contributed by atoms with van der Waals surface area (Å²) in [7, 11) is 1.90. The SMILES string of the molecule is CCc1ccccc1NC(=O)c1cc2c(C)nn(C)c2s1. The van der Waals surface area contributed by atoms with Gasteiger partial charge in [-0.05, 0) is 31.0 Å². The van der Waals surface area contributed by atoms with Crippen LogP contribution in [0.4, 0.5) is 5.69 Å². The number of carbonyl (C=O) groups excluding carboxylic acids is 1. The molecule has 1 N–H and O–H groups in total. The van der Waals surface area contributed by atoms with E-state index in [0.29, 0.717) is 4.88 Å². The summed E-state index contributed by atoms with van der Waals surface area (Å²) in [5.41, 5.74) is 2.99. The number of anilines is 1. The highest BCUT2D eigenvalue weighted by Gasteiger charge is 2.15. The molecule has 0 fully saturated rings. The first kappa shape index (κ1) is 13.8. The Hall–Kier alpha value is -2.14. The van der Waals surface area contributed by atoms with Gasteiger partial charge in [0.05, 0.1) is 10.6 Å². The van der Waals surface area contributed by atoms with Crippen molar-refractivity contribution < 1.29 is 4.79 Å². The first-order valence-electron chi connectivity index (χ1n) is 6.92. The van der Waals surface area contributed by atoms with Crippen LogP contribution in [0.2, 0.25) is 0 Å². The summed E-state index contributed by atoms with van der Waals surface area (Å²) >= 11 is 1.47. The van der Waals surface area contributed by atoms with Gasteiger partial charge in [-0.2, -0.15) is 5.10 Å². The third-order valence-corrected chi connectivity index (χ3v) is 4.77. The normalized spacial score (nSPS) is 11.0. The first-order chi connectivity index (χ1) is 10.1. The maximum absolute atomic E-state index is 12.4. The number of rotatable bonds is 3. The molecule has 0 bridgehead atoms. The van der Waals surface area contributed by atoms with Crippen molar-refractivity contribution in [2.75, 3.05) is 5.32 Å². The Balaban J connectivity index is 1.92. The number of thiophene rings is 1. The molecule has 1 amide bonds. The second-order valence-electron chi connectivity index (χ2n) is 5.00. The van der Waals surface area contributed by atoms with E-state index in [1.807, 2.05) is 49.0 Å². The number of aromatic nitrogens is 2. The Morgan fingerprint density at radius 2 is 2.14 bits per heavy atom. The zero-order valence-corrected chi connectivity index (χ0v) is 13.1. The summed E-state index contributed by atoms with van der Waals surface area (Å²) in [6.45, 7) is 4.04. The molecule has 3 aromatic rings. The molecule has 0 aliphatic carbocycles. The van der Waals surface area contributed by atoms with E-state index < -0.39 is 0 Å². The molecule has 2 heterocycles. The number of hydrogen-bond donors (Lipinski definition) is 1. The van der Waals surface area contributed by atoms with Gasteiger partial charge in [0.2, 0.25) is 0 Å². The van der Waals surface area contributed by atoms with Crippen LogP contribution in [-0.4, -0.2) is 15.7 Å². The second-order valence-corrected chi connectivity index (χ2v) is 6.03. The number of para-hydroxylation sites is 1. The van der Waals surface area contributed by atoms with Crippen molar-refractivity contribution in [3.05, 3.63) is 46.5 Å². The van der Waals surface area contributed by atoms with Gasteiger partial charge < -0.3 is 5.32 Å². The number of carbonyl (C=O) groups is 1. The van der Waals surface area contributed by atoms with Crippen molar-refractivity contribution in [3.8, 4) is 0 Å². The number of benzene rings is 1. The molecule has 2 aromatic heterocycles. The van der Waals surface area contributed by atoms with Gasteiger partial charge in [0, 0.05) is 18.1 Å². The van der Waals surface area contributed by atoms with Crippen molar-refractivity contribution >= 4 is 33.1 Å². The summed E-state index contributed by atoms with van der Waals surface area (Å²) in [6, 6.07) is 9.83. The van der Waals surface area contributed by atoms with Crippen LogP contribution in [0.1, 0.15) is 27.9 Å². The molecule has 108 valence electrons. The van der Waals surface area contributed by atoms with Gasteiger partial charge in [0.25, 0.3) is 5.91 Å². The van der Waals surface area contributed by atoms with Gasteiger partial charge in [-0.3, -0.25) is 9.48 Å². The Bertz CT molecular complexity index is 782. The van der Waals surface area contributed by atoms with Crippen molar-refractivity contribution in [2.24, 2.45) is 7.05 Å². The predicted molar refractivity (Wildman–Crippen MR) is 87.1 cm³/mol. The molecule has 4 nitrogen and oxygen atoms in total. The maximum Gasteiger partial charge on any atom is 0.265 e. The first-order valence-corrected chi connectivity index (χ1v) is 7.74. The molecule has 0 spiro atoms. The van der Waals surface area contributed by atoms with Crippen LogP contribution in [0.3, 0.4) is 0 Å². The molecule has 0 unspecified atom stereocenters. The highest BCUT2D eigenvalue weighted by Crippen LogP contribution is 2.28. The number of nitrogens with one attached hydrogen (secondary N) is 1. The molecule has 0 aliphatic heterocycles. The molecule has 5 heteroatoms. The number of aryl methyl sites for hydroxylation is 3. The van der Waals surface area contributed by atoms with Crippen LogP contribution in [-0.2, 0) is 13.5 Å². The summed E-state index contributed by atoms with van der Waals surface area (Å²) in [5.74, 6) is -0.0588. The fourth-order valence-corrected chi connectivity index (χ4v) is 3.47. The van der Waals surface area contributed by atoms with Crippen molar-refractivity contribution in [3.63, 3.8) is 0 Å². The smallest absolute Gasteiger partial charge is 0.265 e. The van der Waals surface area contributed by atoms with E-state index in [-0.39, 0.29) is 5.91 Å². The highest BCUT2D eigenvalue weighted by molar-refractivity contribution is 7.20. The Kier molecular flexibility index (Phi) is 3.51. The summed E-state index contributed by atoms with van der Waals surface area (Å²) in [5, 5.41) is 8.42. The molecule has 0 aliphatic rings. The third-order valence-electron chi connectivity index (χ3n) is 3.57. The van der Waals surface area contributed by atoms with Crippen molar-refractivity contribution in [1.29, 1.82) is 0 Å². The van der Waals surface area contributed by atoms with Crippen molar-refractivity contribution in [1.82, 2.24) is 9.78 Å². The largest absolute Gasteiger partial charge is 0.321 e. The summed E-state index contributed by atoms with van der Waals surface area (Å²) in [6.07, 6.45) is 0.895. The fourth-order valence-electron chi connectivity index (χ4n) is 2.45. The minimum atomic E-state index is -0.0588. The lowest BCUT2D eigenvalue weighted by Gasteiger charge is -2.08. The Labute approximate surface area is 127 Å². The topological polar surface area (TPSA) is 46.9 Å². The number of amides is 1. The van der Waals surface area contributed by atoms with Crippen LogP contribution in [0.25, 0.3) is 10.2 Å². The standard InChI is InChI=1S/C16H17N3OS/c1-4-11-7-5-6-8-13(11)17-15(20)14-9-12-10(2)18-19(3)16(12)21-14/h5-9H,4H2,1-3H3,(H,17,20). The molecule has 0 radical (unpaired) electrons. The third kappa shape index (κ3) is 2.45. The zero-order valence-electron chi connectivity index (χ0n) is 12.3. The van der Waals surface area contributed by atoms with E-state index in [0.717, 1.165) is 33.6 Å². The fraction of sp³-hybridized carbons (Fsp3) is 0.250. The van der Waals surface area contributed by atoms with Crippen LogP contribution >= 0.6 is 11.3 Å². The molecular formula is C16H17N3OS. The molecule has 0 atom stereocenters. The average Bonchev–Trinajstić information content (AvgIpc) is 3.02. The Morgan fingerprint density at radius 3 is 2.86 bits per heavy atom. The molecule has 21 heavy (non-hydrogen) atoms. The monoisotopic (exact) mass is 299 g/mol. The van der Waals surface area contributed by atoms with Gasteiger partial charge in [0.1, 0.15) is 4.83 Å². The number of fused-ring (bicyclic) bond motifs is 1. The van der Waals surface area contributed by atoms with Gasteiger partial charge in [-0.25, -0.2) is 0 Å².